The van der Waals surface area contributed by atoms with Gasteiger partial charge in [0.15, 0.2) is 11.5 Å². The van der Waals surface area contributed by atoms with Crippen LogP contribution in [0.25, 0.3) is 33.9 Å². The molecule has 1 aromatic carbocycles. The molecule has 0 unspecified atom stereocenters. The summed E-state index contributed by atoms with van der Waals surface area (Å²) in [7, 11) is 3.33. The van der Waals surface area contributed by atoms with E-state index in [4.69, 9.17) is 14.5 Å². The topological polar surface area (TPSA) is 62.1 Å². The summed E-state index contributed by atoms with van der Waals surface area (Å²) in [6.45, 7) is 2.94. The Morgan fingerprint density at radius 3 is 2.43 bits per heavy atom. The van der Waals surface area contributed by atoms with Gasteiger partial charge in [-0.2, -0.15) is 0 Å². The van der Waals surface area contributed by atoms with Crippen molar-refractivity contribution in [3.63, 3.8) is 0 Å². The summed E-state index contributed by atoms with van der Waals surface area (Å²) in [5, 5.41) is 0. The SMILES string of the molecule is COc1cc2c(cc1OC)-c1c(-c3ccc(-c4ccccn4)nc3)nc(C)n1CC2. The number of hydrogen-bond acceptors (Lipinski definition) is 5. The number of fused-ring (bicyclic) bond motifs is 3. The molecule has 6 heteroatoms. The molecule has 1 aliphatic heterocycles. The van der Waals surface area contributed by atoms with E-state index in [1.54, 1.807) is 20.4 Å². The summed E-state index contributed by atoms with van der Waals surface area (Å²) < 4.78 is 13.3. The maximum atomic E-state index is 5.56. The summed E-state index contributed by atoms with van der Waals surface area (Å²) >= 11 is 0. The van der Waals surface area contributed by atoms with Gasteiger partial charge in [0.2, 0.25) is 0 Å². The van der Waals surface area contributed by atoms with Crippen LogP contribution in [0.3, 0.4) is 0 Å². The fraction of sp³-hybridized carbons (Fsp3) is 0.208. The first kappa shape index (κ1) is 18.4. The van der Waals surface area contributed by atoms with Crippen molar-refractivity contribution in [3.05, 3.63) is 66.2 Å². The summed E-state index contributed by atoms with van der Waals surface area (Å²) in [6.07, 6.45) is 4.58. The van der Waals surface area contributed by atoms with Gasteiger partial charge >= 0.3 is 0 Å². The minimum atomic E-state index is 0.720. The van der Waals surface area contributed by atoms with E-state index in [0.29, 0.717) is 0 Å². The number of hydrogen-bond donors (Lipinski definition) is 0. The van der Waals surface area contributed by atoms with Crippen LogP contribution in [0, 0.1) is 6.92 Å². The van der Waals surface area contributed by atoms with Gasteiger partial charge in [-0.3, -0.25) is 9.97 Å². The lowest BCUT2D eigenvalue weighted by molar-refractivity contribution is 0.354. The molecule has 3 aromatic heterocycles. The van der Waals surface area contributed by atoms with Gasteiger partial charge in [-0.25, -0.2) is 4.98 Å². The van der Waals surface area contributed by atoms with Crippen LogP contribution in [-0.2, 0) is 13.0 Å². The summed E-state index contributed by atoms with van der Waals surface area (Å²) in [4.78, 5) is 13.9. The maximum absolute atomic E-state index is 5.56. The van der Waals surface area contributed by atoms with Crippen LogP contribution in [0.5, 0.6) is 11.5 Å². The van der Waals surface area contributed by atoms with Gasteiger partial charge in [0.25, 0.3) is 0 Å². The molecule has 1 aliphatic rings. The average molecular weight is 398 g/mol. The molecule has 0 bridgehead atoms. The van der Waals surface area contributed by atoms with Gasteiger partial charge < -0.3 is 14.0 Å². The Kier molecular flexibility index (Phi) is 4.47. The lowest BCUT2D eigenvalue weighted by atomic mass is 9.95. The molecule has 0 saturated heterocycles. The maximum Gasteiger partial charge on any atom is 0.161 e. The van der Waals surface area contributed by atoms with Crippen LogP contribution in [0.1, 0.15) is 11.4 Å². The highest BCUT2D eigenvalue weighted by Gasteiger charge is 2.26. The second-order valence-electron chi connectivity index (χ2n) is 7.27. The number of benzene rings is 1. The zero-order valence-corrected chi connectivity index (χ0v) is 17.2. The van der Waals surface area contributed by atoms with Crippen molar-refractivity contribution in [3.8, 4) is 45.4 Å². The van der Waals surface area contributed by atoms with Gasteiger partial charge in [0.05, 0.1) is 37.0 Å². The Labute approximate surface area is 175 Å². The number of ether oxygens (including phenoxy) is 2. The predicted octanol–water partition coefficient (Wildman–Crippen LogP) is 4.56. The van der Waals surface area contributed by atoms with E-state index in [2.05, 4.69) is 39.7 Å². The lowest BCUT2D eigenvalue weighted by Gasteiger charge is -2.22. The monoisotopic (exact) mass is 398 g/mol. The van der Waals surface area contributed by atoms with E-state index in [-0.39, 0.29) is 0 Å². The number of methoxy groups -OCH3 is 2. The van der Waals surface area contributed by atoms with E-state index in [1.807, 2.05) is 30.5 Å². The summed E-state index contributed by atoms with van der Waals surface area (Å²) in [5.74, 6) is 2.47. The van der Waals surface area contributed by atoms with E-state index in [0.717, 1.165) is 64.2 Å². The normalized spacial score (nSPS) is 12.2. The highest BCUT2D eigenvalue weighted by molar-refractivity contribution is 5.83. The van der Waals surface area contributed by atoms with Crippen LogP contribution in [-0.4, -0.2) is 33.7 Å². The van der Waals surface area contributed by atoms with Crippen LogP contribution < -0.4 is 9.47 Å². The summed E-state index contributed by atoms with van der Waals surface area (Å²) in [5.41, 5.74) is 7.07. The Hall–Kier alpha value is -3.67. The lowest BCUT2D eigenvalue weighted by Crippen LogP contribution is -2.12. The number of imidazole rings is 1. The number of aryl methyl sites for hydroxylation is 2. The molecule has 4 aromatic rings. The largest absolute Gasteiger partial charge is 0.493 e. The van der Waals surface area contributed by atoms with Crippen molar-refractivity contribution in [2.45, 2.75) is 19.9 Å². The molecule has 0 N–H and O–H groups in total. The van der Waals surface area contributed by atoms with Gasteiger partial charge in [0, 0.05) is 30.1 Å². The molecule has 30 heavy (non-hydrogen) atoms. The Bertz CT molecular complexity index is 1210. The molecule has 0 aliphatic carbocycles. The molecule has 0 amide bonds. The van der Waals surface area contributed by atoms with Gasteiger partial charge in [-0.15, -0.1) is 0 Å². The van der Waals surface area contributed by atoms with Gasteiger partial charge in [-0.05, 0) is 55.3 Å². The average Bonchev–Trinajstić information content (AvgIpc) is 3.15. The second kappa shape index (κ2) is 7.30. The molecule has 5 rings (SSSR count). The van der Waals surface area contributed by atoms with E-state index < -0.39 is 0 Å². The molecular formula is C24H22N4O2. The molecule has 0 fully saturated rings. The van der Waals surface area contributed by atoms with Crippen molar-refractivity contribution < 1.29 is 9.47 Å². The second-order valence-corrected chi connectivity index (χ2v) is 7.27. The third kappa shape index (κ3) is 2.92. The fourth-order valence-corrected chi connectivity index (χ4v) is 4.09. The Morgan fingerprint density at radius 2 is 1.73 bits per heavy atom. The van der Waals surface area contributed by atoms with Crippen LogP contribution in [0.2, 0.25) is 0 Å². The van der Waals surface area contributed by atoms with E-state index in [1.165, 1.54) is 5.56 Å². The summed E-state index contributed by atoms with van der Waals surface area (Å²) in [6, 6.07) is 14.0. The minimum Gasteiger partial charge on any atom is -0.493 e. The van der Waals surface area contributed by atoms with Crippen molar-refractivity contribution in [1.82, 2.24) is 19.5 Å². The van der Waals surface area contributed by atoms with E-state index >= 15 is 0 Å². The molecule has 4 heterocycles. The fourth-order valence-electron chi connectivity index (χ4n) is 4.09. The number of aromatic nitrogens is 4. The minimum absolute atomic E-state index is 0.720. The smallest absolute Gasteiger partial charge is 0.161 e. The van der Waals surface area contributed by atoms with Crippen LogP contribution in [0.15, 0.2) is 54.9 Å². The zero-order valence-electron chi connectivity index (χ0n) is 17.2. The standard InChI is InChI=1S/C24H22N4O2/c1-15-27-23(17-7-8-20(26-14-17)19-6-4-5-10-25-19)24-18-13-22(30-3)21(29-2)12-16(18)9-11-28(15)24/h4-8,10,12-14H,9,11H2,1-3H3. The van der Waals surface area contributed by atoms with Crippen LogP contribution in [0.4, 0.5) is 0 Å². The number of nitrogens with zero attached hydrogens (tertiary/aromatic N) is 4. The quantitative estimate of drug-likeness (QED) is 0.504. The molecule has 0 saturated carbocycles. The van der Waals surface area contributed by atoms with Crippen molar-refractivity contribution >= 4 is 0 Å². The number of rotatable bonds is 4. The van der Waals surface area contributed by atoms with Crippen LogP contribution >= 0.6 is 0 Å². The molecule has 150 valence electrons. The van der Waals surface area contributed by atoms with Gasteiger partial charge in [0.1, 0.15) is 5.82 Å². The molecular weight excluding hydrogens is 376 g/mol. The highest BCUT2D eigenvalue weighted by Crippen LogP contribution is 2.42. The molecule has 0 atom stereocenters. The molecule has 0 radical (unpaired) electrons. The predicted molar refractivity (Wildman–Crippen MR) is 116 cm³/mol. The van der Waals surface area contributed by atoms with Gasteiger partial charge in [-0.1, -0.05) is 6.07 Å². The number of pyridine rings is 2. The van der Waals surface area contributed by atoms with Crippen molar-refractivity contribution in [1.29, 1.82) is 0 Å². The Morgan fingerprint density at radius 1 is 0.933 bits per heavy atom. The third-order valence-electron chi connectivity index (χ3n) is 5.59. The van der Waals surface area contributed by atoms with Crippen molar-refractivity contribution in [2.24, 2.45) is 0 Å². The van der Waals surface area contributed by atoms with E-state index in [9.17, 15) is 0 Å². The molecule has 0 spiro atoms. The first-order valence-corrected chi connectivity index (χ1v) is 9.90. The third-order valence-corrected chi connectivity index (χ3v) is 5.59. The van der Waals surface area contributed by atoms with Crippen molar-refractivity contribution in [2.75, 3.05) is 14.2 Å². The zero-order chi connectivity index (χ0) is 20.7. The highest BCUT2D eigenvalue weighted by atomic mass is 16.5. The first-order valence-electron chi connectivity index (χ1n) is 9.90. The first-order chi connectivity index (χ1) is 14.7. The molecule has 6 nitrogen and oxygen atoms in total. The Balaban J connectivity index is 1.63.